The molecule has 1 aliphatic rings. The van der Waals surface area contributed by atoms with Gasteiger partial charge in [0.05, 0.1) is 26.8 Å². The van der Waals surface area contributed by atoms with Gasteiger partial charge in [0.2, 0.25) is 0 Å². The summed E-state index contributed by atoms with van der Waals surface area (Å²) in [6.45, 7) is 4.82. The summed E-state index contributed by atoms with van der Waals surface area (Å²) >= 11 is 6.44. The molecule has 0 N–H and O–H groups in total. The van der Waals surface area contributed by atoms with Crippen LogP contribution in [0.3, 0.4) is 0 Å². The number of para-hydroxylation sites is 4. The Labute approximate surface area is 859 Å². The molecular formula is C134H85N5S3Se2Si. The summed E-state index contributed by atoms with van der Waals surface area (Å²) in [5.74, 6) is 0. The van der Waals surface area contributed by atoms with Crippen LogP contribution in [-0.4, -0.2) is 60.8 Å². The molecule has 1 aliphatic heterocycles. The molecule has 0 radical (unpaired) electrons. The topological polar surface area (TPSA) is 40.6 Å². The van der Waals surface area contributed by atoms with Crippen LogP contribution in [0.1, 0.15) is 13.8 Å². The van der Waals surface area contributed by atoms with Crippen molar-refractivity contribution in [3.8, 4) is 83.8 Å². The van der Waals surface area contributed by atoms with Gasteiger partial charge in [-0.25, -0.2) is 0 Å². The van der Waals surface area contributed by atoms with Crippen molar-refractivity contribution in [1.82, 2.24) is 23.7 Å². The van der Waals surface area contributed by atoms with Gasteiger partial charge in [-0.05, 0) is 109 Å². The molecule has 0 bridgehead atoms. The monoisotopic (exact) mass is 2050 g/mol. The van der Waals surface area contributed by atoms with Crippen LogP contribution in [0.25, 0.3) is 281 Å². The van der Waals surface area contributed by atoms with Gasteiger partial charge in [-0.3, -0.25) is 4.98 Å². The number of rotatable bonds is 10. The minimum Gasteiger partial charge on any atom is 0.0966 e. The number of fused-ring (bicyclic) bond motifs is 34. The van der Waals surface area contributed by atoms with Gasteiger partial charge < -0.3 is 4.57 Å². The summed E-state index contributed by atoms with van der Waals surface area (Å²) in [6, 6.07) is 167. The maximum absolute atomic E-state index is 5.04. The Kier molecular flexibility index (Phi) is 19.6. The Balaban J connectivity index is 0.000000102. The van der Waals surface area contributed by atoms with Gasteiger partial charge in [-0.2, -0.15) is 0 Å². The van der Waals surface area contributed by atoms with Crippen LogP contribution in [0, 0.1) is 0 Å². The zero-order valence-electron chi connectivity index (χ0n) is 79.0. The van der Waals surface area contributed by atoms with Gasteiger partial charge in [-0.15, -0.1) is 11.3 Å². The molecule has 680 valence electrons. The fraction of sp³-hybridized carbons (Fsp3) is 0.0299. The fourth-order valence-electron chi connectivity index (χ4n) is 24.4. The number of pyridine rings is 2. The van der Waals surface area contributed by atoms with Crippen LogP contribution < -0.4 is 10.4 Å². The number of nitrogens with zero attached hydrogens (tertiary/aromatic N) is 5. The minimum atomic E-state index is -1.75. The Hall–Kier alpha value is -16.0. The van der Waals surface area contributed by atoms with E-state index in [1.165, 1.54) is 266 Å². The third-order valence-corrected chi connectivity index (χ3v) is 44.8. The molecule has 0 aliphatic carbocycles. The third kappa shape index (κ3) is 13.2. The summed E-state index contributed by atoms with van der Waals surface area (Å²) in [4.78, 5) is 9.71. The number of hydrogen-bond donors (Lipinski definition) is 0. The van der Waals surface area contributed by atoms with Crippen molar-refractivity contribution in [1.29, 1.82) is 0 Å². The Morgan fingerprint density at radius 2 is 0.641 bits per heavy atom. The second-order valence-electron chi connectivity index (χ2n) is 38.6. The maximum atomic E-state index is 5.04. The first-order valence-corrected chi connectivity index (χ1v) is 58.2. The number of benzene rings is 21. The van der Waals surface area contributed by atoms with E-state index in [9.17, 15) is 0 Å². The summed E-state index contributed by atoms with van der Waals surface area (Å²) in [6.07, 6.45) is 3.87. The van der Waals surface area contributed by atoms with Crippen LogP contribution in [0.4, 0.5) is 0 Å². The van der Waals surface area contributed by atoms with Gasteiger partial charge >= 0.3 is 457 Å². The predicted molar refractivity (Wildman–Crippen MR) is 632 cm³/mol. The SMILES string of the molecule is CC[Si]1(CC)c2ccccc2-c2cc(-c3cc4c5ccccc5n(-c5ccccc5)c4c4sc5ccccc5c34)ccc21.c1ccc(-c2cc(-c3ccc4ccccc4c3)cc(-n3c4ccccc4c4cc(-c5ccc6[se]c7ccccc7c6c5)c5c6ccccc6sc5c43)c2)cc1.c1cnc2c(c1)ccc1cc(-n3c4ccccc4c4cc(-c5ccc6[se]c7ccccc7c6c5)c5c6ccccc6sc5c43)cnc12. The molecule has 0 fully saturated rings. The molecule has 0 saturated carbocycles. The number of thiophene rings is 3. The molecule has 0 amide bonds. The molecule has 0 atom stereocenters. The molecule has 11 heteroatoms. The summed E-state index contributed by atoms with van der Waals surface area (Å²) < 4.78 is 21.3. The van der Waals surface area contributed by atoms with E-state index in [1.807, 2.05) is 52.5 Å². The van der Waals surface area contributed by atoms with Crippen molar-refractivity contribution in [2.75, 3.05) is 0 Å². The molecule has 5 nitrogen and oxygen atoms in total. The van der Waals surface area contributed by atoms with E-state index in [0.717, 1.165) is 27.5 Å². The van der Waals surface area contributed by atoms with Gasteiger partial charge in [0.15, 0.2) is 0 Å². The van der Waals surface area contributed by atoms with Gasteiger partial charge in [0, 0.05) is 43.5 Å². The van der Waals surface area contributed by atoms with E-state index in [4.69, 9.17) is 4.98 Å². The van der Waals surface area contributed by atoms with Crippen LogP contribution in [-0.2, 0) is 0 Å². The third-order valence-electron chi connectivity index (χ3n) is 31.1. The van der Waals surface area contributed by atoms with Crippen molar-refractivity contribution in [3.05, 3.63) is 455 Å². The zero-order valence-corrected chi connectivity index (χ0v) is 85.9. The summed E-state index contributed by atoms with van der Waals surface area (Å²) in [5.41, 5.74) is 28.3. The zero-order chi connectivity index (χ0) is 95.4. The van der Waals surface area contributed by atoms with Gasteiger partial charge in [0.1, 0.15) is 8.07 Å². The van der Waals surface area contributed by atoms with Crippen molar-refractivity contribution in [3.63, 3.8) is 0 Å². The molecule has 31 aromatic rings. The normalized spacial score (nSPS) is 12.6. The second kappa shape index (κ2) is 33.6. The standard InChI is InChI=1S/C52H31NSSe.C42H23N3SSe.C40H31NSSi/c1-2-12-32(13-3-1)37-27-38(35-23-22-33-14-4-5-15-34(33)26-35)29-39(28-37)53-46-19-9-6-16-40(46)45-31-43(50-42-18-7-10-20-47(42)54-52(50)51(45)53)36-24-25-49-44(30-36)41-17-8-11-21-48(41)55-49;1-4-12-34-28(9-1)33-22-31(25-17-18-37-32(21-25)29-10-3-6-14-36(29)47-37)38-30-11-2-5-13-35(30)46-42(38)41(33)45(34)27-20-26-16-15-24-8-7-19-43-39(24)40(26)44-23-27;1-3-43(4-2)36-21-13-10-17-29(36)32-24-26(22-23-37(32)43)31-25-33-28-16-8-11-19-34(28)41(27-14-6-5-7-15-27)39(33)40-38(31)30-18-9-12-20-35(30)42-40/h1-31H;1-23H;5-25H,3-4H2,1-2H3. The molecule has 32 rings (SSSR count). The second-order valence-corrected chi connectivity index (χ2v) is 50.9. The first-order chi connectivity index (χ1) is 71.8. The Morgan fingerprint density at radius 1 is 0.234 bits per heavy atom. The fourth-order valence-corrected chi connectivity index (χ4v) is 37.4. The van der Waals surface area contributed by atoms with E-state index in [1.54, 1.807) is 10.4 Å². The smallest absolute Gasteiger partial charge is 0.0966 e. The van der Waals surface area contributed by atoms with Crippen molar-refractivity contribution in [2.45, 2.75) is 25.9 Å². The molecule has 11 heterocycles. The van der Waals surface area contributed by atoms with Crippen LogP contribution >= 0.6 is 34.0 Å². The van der Waals surface area contributed by atoms with E-state index in [-0.39, 0.29) is 0 Å². The molecule has 10 aromatic heterocycles. The quantitative estimate of drug-likeness (QED) is 0.101. The molecular weight excluding hydrogens is 1960 g/mol. The van der Waals surface area contributed by atoms with E-state index in [2.05, 4.69) is 469 Å². The number of hydrogen-bond acceptors (Lipinski definition) is 5. The van der Waals surface area contributed by atoms with Crippen molar-refractivity contribution in [2.24, 2.45) is 0 Å². The predicted octanol–water partition coefficient (Wildman–Crippen LogP) is 36.3. The van der Waals surface area contributed by atoms with Crippen molar-refractivity contribution >= 4 is 279 Å². The molecule has 145 heavy (non-hydrogen) atoms. The molecule has 21 aromatic carbocycles. The molecule has 0 saturated heterocycles. The van der Waals surface area contributed by atoms with Gasteiger partial charge in [-0.1, -0.05) is 202 Å². The summed E-state index contributed by atoms with van der Waals surface area (Å²) in [5, 5.41) is 29.2. The average molecular weight is 2050 g/mol. The molecule has 0 spiro atoms. The Morgan fingerprint density at radius 3 is 1.20 bits per heavy atom. The van der Waals surface area contributed by atoms with E-state index >= 15 is 0 Å². The molecule has 0 unspecified atom stereocenters. The first kappa shape index (κ1) is 84.7. The average Bonchev–Trinajstić information content (AvgIpc) is 1.52. The first-order valence-electron chi connectivity index (χ1n) is 49.9. The van der Waals surface area contributed by atoms with Crippen LogP contribution in [0.2, 0.25) is 12.1 Å². The van der Waals surface area contributed by atoms with E-state index in [0.29, 0.717) is 29.0 Å². The summed E-state index contributed by atoms with van der Waals surface area (Å²) in [7, 11) is -1.75. The van der Waals surface area contributed by atoms with E-state index < -0.39 is 8.07 Å². The Bertz CT molecular complexity index is 10900. The van der Waals surface area contributed by atoms with Crippen LogP contribution in [0.15, 0.2) is 455 Å². The van der Waals surface area contributed by atoms with Gasteiger partial charge in [0.25, 0.3) is 0 Å². The number of aromatic nitrogens is 5. The van der Waals surface area contributed by atoms with Crippen LogP contribution in [0.5, 0.6) is 0 Å². The van der Waals surface area contributed by atoms with Crippen molar-refractivity contribution < 1.29 is 0 Å². The minimum absolute atomic E-state index is 0.340.